The van der Waals surface area contributed by atoms with E-state index in [0.29, 0.717) is 10.8 Å². The van der Waals surface area contributed by atoms with E-state index in [2.05, 4.69) is 9.71 Å². The molecule has 0 fully saturated rings. The van der Waals surface area contributed by atoms with Gasteiger partial charge in [0.25, 0.3) is 0 Å². The van der Waals surface area contributed by atoms with Gasteiger partial charge in [0, 0.05) is 16.8 Å². The lowest BCUT2D eigenvalue weighted by Gasteiger charge is -2.02. The van der Waals surface area contributed by atoms with Crippen molar-refractivity contribution in [2.45, 2.75) is 31.1 Å². The molecule has 3 N–H and O–H groups in total. The van der Waals surface area contributed by atoms with Gasteiger partial charge in [0.2, 0.25) is 10.0 Å². The molecule has 104 valence electrons. The van der Waals surface area contributed by atoms with Gasteiger partial charge in [0.15, 0.2) is 0 Å². The number of rotatable bonds is 5. The van der Waals surface area contributed by atoms with Crippen molar-refractivity contribution in [2.75, 3.05) is 0 Å². The van der Waals surface area contributed by atoms with Crippen molar-refractivity contribution in [2.24, 2.45) is 5.73 Å². The van der Waals surface area contributed by atoms with E-state index in [4.69, 9.17) is 5.73 Å². The first-order valence-electron chi connectivity index (χ1n) is 5.62. The van der Waals surface area contributed by atoms with Gasteiger partial charge in [0.05, 0.1) is 17.2 Å². The summed E-state index contributed by atoms with van der Waals surface area (Å²) < 4.78 is 27.1. The van der Waals surface area contributed by atoms with Crippen LogP contribution in [0.4, 0.5) is 0 Å². The van der Waals surface area contributed by atoms with Crippen LogP contribution in [0.15, 0.2) is 15.7 Å². The van der Waals surface area contributed by atoms with Gasteiger partial charge in [-0.1, -0.05) is 0 Å². The second-order valence-corrected chi connectivity index (χ2v) is 8.25. The third kappa shape index (κ3) is 3.40. The van der Waals surface area contributed by atoms with Crippen LogP contribution in [0.5, 0.6) is 0 Å². The van der Waals surface area contributed by atoms with Crippen molar-refractivity contribution in [3.05, 3.63) is 32.6 Å². The summed E-state index contributed by atoms with van der Waals surface area (Å²) in [7, 11) is -3.48. The highest BCUT2D eigenvalue weighted by Gasteiger charge is 2.18. The van der Waals surface area contributed by atoms with E-state index in [-0.39, 0.29) is 6.54 Å². The van der Waals surface area contributed by atoms with E-state index in [1.54, 1.807) is 6.07 Å². The van der Waals surface area contributed by atoms with Crippen molar-refractivity contribution >= 4 is 32.7 Å². The maximum atomic E-state index is 12.1. The van der Waals surface area contributed by atoms with Crippen LogP contribution >= 0.6 is 22.7 Å². The SMILES string of the molecule is Cc1nc(CNS(=O)(=O)c2cc(C)c(CN)s2)cs1. The van der Waals surface area contributed by atoms with Gasteiger partial charge in [0.1, 0.15) is 4.21 Å². The molecule has 0 bridgehead atoms. The van der Waals surface area contributed by atoms with Gasteiger partial charge in [-0.05, 0) is 25.5 Å². The Balaban J connectivity index is 2.13. The van der Waals surface area contributed by atoms with Crippen LogP contribution < -0.4 is 10.5 Å². The topological polar surface area (TPSA) is 85.1 Å². The lowest BCUT2D eigenvalue weighted by atomic mass is 10.3. The first-order chi connectivity index (χ1) is 8.92. The van der Waals surface area contributed by atoms with Gasteiger partial charge in [-0.2, -0.15) is 0 Å². The smallest absolute Gasteiger partial charge is 0.250 e. The largest absolute Gasteiger partial charge is 0.326 e. The third-order valence-electron chi connectivity index (χ3n) is 2.56. The number of aromatic nitrogens is 1. The molecule has 0 saturated carbocycles. The summed E-state index contributed by atoms with van der Waals surface area (Å²) in [6, 6.07) is 1.65. The van der Waals surface area contributed by atoms with Crippen molar-refractivity contribution in [1.82, 2.24) is 9.71 Å². The van der Waals surface area contributed by atoms with E-state index in [1.807, 2.05) is 19.2 Å². The third-order valence-corrected chi connectivity index (χ3v) is 6.51. The average molecular weight is 317 g/mol. The van der Waals surface area contributed by atoms with Gasteiger partial charge in [-0.25, -0.2) is 18.1 Å². The molecule has 0 aliphatic rings. The second-order valence-electron chi connectivity index (χ2n) is 4.06. The molecule has 2 heterocycles. The zero-order chi connectivity index (χ0) is 14.0. The molecule has 0 aromatic carbocycles. The van der Waals surface area contributed by atoms with E-state index >= 15 is 0 Å². The number of nitrogens with one attached hydrogen (secondary N) is 1. The maximum Gasteiger partial charge on any atom is 0.250 e. The highest BCUT2D eigenvalue weighted by atomic mass is 32.2. The molecule has 2 rings (SSSR count). The van der Waals surface area contributed by atoms with Crippen molar-refractivity contribution in [3.63, 3.8) is 0 Å². The van der Waals surface area contributed by atoms with E-state index in [0.717, 1.165) is 21.1 Å². The molecule has 0 aliphatic carbocycles. The standard InChI is InChI=1S/C11H15N3O2S3/c1-7-3-11(18-10(7)4-12)19(15,16)13-5-9-6-17-8(2)14-9/h3,6,13H,4-5,12H2,1-2H3. The Labute approximate surface area is 120 Å². The first kappa shape index (κ1) is 14.6. The fourth-order valence-electron chi connectivity index (χ4n) is 1.55. The quantitative estimate of drug-likeness (QED) is 0.880. The minimum atomic E-state index is -3.48. The Kier molecular flexibility index (Phi) is 4.36. The molecule has 0 radical (unpaired) electrons. The number of aryl methyl sites for hydroxylation is 2. The molecule has 0 spiro atoms. The van der Waals surface area contributed by atoms with Gasteiger partial charge in [-0.15, -0.1) is 22.7 Å². The normalized spacial score (nSPS) is 11.9. The highest BCUT2D eigenvalue weighted by Crippen LogP contribution is 2.25. The average Bonchev–Trinajstić information content (AvgIpc) is 2.93. The van der Waals surface area contributed by atoms with Crippen molar-refractivity contribution in [3.8, 4) is 0 Å². The summed E-state index contributed by atoms with van der Waals surface area (Å²) in [6.07, 6.45) is 0. The molecule has 0 amide bonds. The molecule has 0 atom stereocenters. The van der Waals surface area contributed by atoms with Crippen LogP contribution in [-0.2, 0) is 23.1 Å². The molecule has 8 heteroatoms. The molecule has 2 aromatic rings. The van der Waals surface area contributed by atoms with E-state index < -0.39 is 10.0 Å². The lowest BCUT2D eigenvalue weighted by Crippen LogP contribution is -2.22. The molecule has 0 unspecified atom stereocenters. The van der Waals surface area contributed by atoms with Crippen LogP contribution in [0, 0.1) is 13.8 Å². The molecule has 0 aliphatic heterocycles. The highest BCUT2D eigenvalue weighted by molar-refractivity contribution is 7.91. The summed E-state index contributed by atoms with van der Waals surface area (Å²) in [5.74, 6) is 0. The second kappa shape index (κ2) is 5.68. The molecular weight excluding hydrogens is 302 g/mol. The fourth-order valence-corrected chi connectivity index (χ4v) is 4.68. The van der Waals surface area contributed by atoms with Crippen LogP contribution in [0.25, 0.3) is 0 Å². The number of sulfonamides is 1. The minimum Gasteiger partial charge on any atom is -0.326 e. The summed E-state index contributed by atoms with van der Waals surface area (Å²) in [6.45, 7) is 4.32. The van der Waals surface area contributed by atoms with Crippen LogP contribution in [0.1, 0.15) is 21.1 Å². The number of nitrogens with two attached hydrogens (primary N) is 1. The van der Waals surface area contributed by atoms with E-state index in [1.165, 1.54) is 22.7 Å². The Morgan fingerprint density at radius 1 is 1.42 bits per heavy atom. The zero-order valence-electron chi connectivity index (χ0n) is 10.6. The molecule has 19 heavy (non-hydrogen) atoms. The fraction of sp³-hybridized carbons (Fsp3) is 0.364. The van der Waals surface area contributed by atoms with Crippen LogP contribution in [-0.4, -0.2) is 13.4 Å². The molecular formula is C11H15N3O2S3. The number of hydrogen-bond donors (Lipinski definition) is 2. The van der Waals surface area contributed by atoms with Crippen LogP contribution in [0.3, 0.4) is 0 Å². The van der Waals surface area contributed by atoms with E-state index in [9.17, 15) is 8.42 Å². The van der Waals surface area contributed by atoms with Gasteiger partial charge in [-0.3, -0.25) is 0 Å². The maximum absolute atomic E-state index is 12.1. The Morgan fingerprint density at radius 3 is 2.68 bits per heavy atom. The molecule has 2 aromatic heterocycles. The summed E-state index contributed by atoms with van der Waals surface area (Å²) in [5, 5.41) is 2.77. The number of thiophene rings is 1. The summed E-state index contributed by atoms with van der Waals surface area (Å²) in [4.78, 5) is 5.11. The number of nitrogens with zero attached hydrogens (tertiary/aromatic N) is 1. The number of thiazole rings is 1. The van der Waals surface area contributed by atoms with Crippen molar-refractivity contribution < 1.29 is 8.42 Å². The predicted octanol–water partition coefficient (Wildman–Crippen LogP) is 1.76. The van der Waals surface area contributed by atoms with Gasteiger partial charge < -0.3 is 5.73 Å². The summed E-state index contributed by atoms with van der Waals surface area (Å²) in [5.41, 5.74) is 7.21. The zero-order valence-corrected chi connectivity index (χ0v) is 13.1. The Bertz CT molecular complexity index is 673. The Morgan fingerprint density at radius 2 is 2.16 bits per heavy atom. The monoisotopic (exact) mass is 317 g/mol. The Hall–Kier alpha value is -0.800. The lowest BCUT2D eigenvalue weighted by molar-refractivity contribution is 0.582. The number of hydrogen-bond acceptors (Lipinski definition) is 6. The van der Waals surface area contributed by atoms with Crippen LogP contribution in [0.2, 0.25) is 0 Å². The molecule has 5 nitrogen and oxygen atoms in total. The first-order valence-corrected chi connectivity index (χ1v) is 8.80. The summed E-state index contributed by atoms with van der Waals surface area (Å²) >= 11 is 2.71. The van der Waals surface area contributed by atoms with Gasteiger partial charge >= 0.3 is 0 Å². The minimum absolute atomic E-state index is 0.210. The van der Waals surface area contributed by atoms with Crippen molar-refractivity contribution in [1.29, 1.82) is 0 Å². The molecule has 0 saturated heterocycles. The predicted molar refractivity (Wildman–Crippen MR) is 77.8 cm³/mol.